The van der Waals surface area contributed by atoms with Crippen LogP contribution in [0.2, 0.25) is 0 Å². The Kier molecular flexibility index (Phi) is 6.63. The molecule has 0 N–H and O–H groups in total. The molecule has 0 bridgehead atoms. The summed E-state index contributed by atoms with van der Waals surface area (Å²) < 4.78 is 15.2. The SMILES string of the molecule is CCOC(=O)CN1C(=O)S/C(=C\c2ccc(OCC#N)c(OC)c2)C1=O. The molecule has 0 saturated carbocycles. The maximum Gasteiger partial charge on any atom is 0.326 e. The molecule has 2 rings (SSSR count). The minimum absolute atomic E-state index is 0.123. The van der Waals surface area contributed by atoms with Gasteiger partial charge in [-0.25, -0.2) is 0 Å². The molecule has 1 saturated heterocycles. The predicted octanol–water partition coefficient (Wildman–Crippen LogP) is 2.20. The Morgan fingerprint density at radius 3 is 2.77 bits per heavy atom. The summed E-state index contributed by atoms with van der Waals surface area (Å²) in [6, 6.07) is 6.74. The van der Waals surface area contributed by atoms with Gasteiger partial charge in [-0.15, -0.1) is 0 Å². The smallest absolute Gasteiger partial charge is 0.326 e. The van der Waals surface area contributed by atoms with Crippen LogP contribution < -0.4 is 9.47 Å². The van der Waals surface area contributed by atoms with Gasteiger partial charge in [0.15, 0.2) is 18.1 Å². The first kappa shape index (κ1) is 19.3. The summed E-state index contributed by atoms with van der Waals surface area (Å²) in [5.74, 6) is -0.421. The minimum Gasteiger partial charge on any atom is -0.493 e. The van der Waals surface area contributed by atoms with Crippen LogP contribution in [0.1, 0.15) is 12.5 Å². The van der Waals surface area contributed by atoms with Crippen LogP contribution in [0.4, 0.5) is 4.79 Å². The summed E-state index contributed by atoms with van der Waals surface area (Å²) in [4.78, 5) is 36.8. The second-order valence-electron chi connectivity index (χ2n) is 4.93. The Balaban J connectivity index is 2.19. The second kappa shape index (κ2) is 8.92. The number of imide groups is 1. The topological polar surface area (TPSA) is 106 Å². The molecular weight excluding hydrogens is 360 g/mol. The Labute approximate surface area is 154 Å². The van der Waals surface area contributed by atoms with Gasteiger partial charge >= 0.3 is 5.97 Å². The lowest BCUT2D eigenvalue weighted by Gasteiger charge is -2.11. The molecule has 0 aliphatic carbocycles. The van der Waals surface area contributed by atoms with Crippen molar-refractivity contribution in [3.8, 4) is 17.6 Å². The Morgan fingerprint density at radius 1 is 1.35 bits per heavy atom. The summed E-state index contributed by atoms with van der Waals surface area (Å²) in [6.45, 7) is 1.27. The largest absolute Gasteiger partial charge is 0.493 e. The third-order valence-corrected chi connectivity index (χ3v) is 4.15. The maximum absolute atomic E-state index is 12.3. The van der Waals surface area contributed by atoms with Crippen molar-refractivity contribution in [1.29, 1.82) is 5.26 Å². The third kappa shape index (κ3) is 4.55. The first-order valence-electron chi connectivity index (χ1n) is 7.59. The standard InChI is InChI=1S/C17H16N2O6S/c1-3-24-15(20)10-19-16(21)14(26-17(19)22)9-11-4-5-12(25-7-6-18)13(8-11)23-2/h4-5,8-9H,3,7,10H2,1-2H3/b14-9-. The predicted molar refractivity (Wildman–Crippen MR) is 93.4 cm³/mol. The molecule has 0 unspecified atom stereocenters. The normalized spacial score (nSPS) is 15.1. The zero-order chi connectivity index (χ0) is 19.1. The fourth-order valence-electron chi connectivity index (χ4n) is 2.13. The lowest BCUT2D eigenvalue weighted by molar-refractivity contribution is -0.145. The number of nitriles is 1. The molecule has 0 radical (unpaired) electrons. The summed E-state index contributed by atoms with van der Waals surface area (Å²) in [7, 11) is 1.45. The molecule has 0 aromatic heterocycles. The first-order valence-corrected chi connectivity index (χ1v) is 8.40. The molecule has 1 heterocycles. The molecule has 0 spiro atoms. The average Bonchev–Trinajstić information content (AvgIpc) is 2.88. The number of hydrogen-bond acceptors (Lipinski definition) is 8. The molecule has 1 aromatic carbocycles. The molecule has 26 heavy (non-hydrogen) atoms. The number of amides is 2. The minimum atomic E-state index is -0.642. The number of rotatable bonds is 7. The van der Waals surface area contributed by atoms with Crippen LogP contribution in [0.5, 0.6) is 11.5 Å². The molecule has 136 valence electrons. The van der Waals surface area contributed by atoms with E-state index >= 15 is 0 Å². The van der Waals surface area contributed by atoms with Crippen LogP contribution in [0.3, 0.4) is 0 Å². The average molecular weight is 376 g/mol. The Hall–Kier alpha value is -2.99. The van der Waals surface area contributed by atoms with Crippen molar-refractivity contribution >= 4 is 35.0 Å². The number of nitrogens with zero attached hydrogens (tertiary/aromatic N) is 2. The quantitative estimate of drug-likeness (QED) is 0.527. The van der Waals surface area contributed by atoms with Gasteiger partial charge < -0.3 is 14.2 Å². The highest BCUT2D eigenvalue weighted by molar-refractivity contribution is 8.18. The summed E-state index contributed by atoms with van der Waals surface area (Å²) in [5, 5.41) is 8.04. The van der Waals surface area contributed by atoms with Crippen molar-refractivity contribution in [2.24, 2.45) is 0 Å². The van der Waals surface area contributed by atoms with E-state index in [2.05, 4.69) is 0 Å². The highest BCUT2D eigenvalue weighted by Crippen LogP contribution is 2.34. The van der Waals surface area contributed by atoms with Crippen LogP contribution >= 0.6 is 11.8 Å². The molecule has 8 nitrogen and oxygen atoms in total. The van der Waals surface area contributed by atoms with Crippen molar-refractivity contribution in [1.82, 2.24) is 4.90 Å². The third-order valence-electron chi connectivity index (χ3n) is 3.24. The summed E-state index contributed by atoms with van der Waals surface area (Å²) in [5.41, 5.74) is 0.604. The number of thioether (sulfide) groups is 1. The second-order valence-corrected chi connectivity index (χ2v) is 5.92. The first-order chi connectivity index (χ1) is 12.5. The van der Waals surface area contributed by atoms with E-state index in [0.717, 1.165) is 16.7 Å². The van der Waals surface area contributed by atoms with Crippen molar-refractivity contribution in [2.45, 2.75) is 6.92 Å². The molecule has 2 amide bonds. The molecule has 0 atom stereocenters. The van der Waals surface area contributed by atoms with Crippen LogP contribution in [-0.4, -0.2) is 48.9 Å². The monoisotopic (exact) mass is 376 g/mol. The molecule has 1 aromatic rings. The van der Waals surface area contributed by atoms with Crippen molar-refractivity contribution in [3.05, 3.63) is 28.7 Å². The molecule has 1 fully saturated rings. The van der Waals surface area contributed by atoms with Crippen LogP contribution in [0, 0.1) is 11.3 Å². The lowest BCUT2D eigenvalue weighted by atomic mass is 10.2. The fraction of sp³-hybridized carbons (Fsp3) is 0.294. The lowest BCUT2D eigenvalue weighted by Crippen LogP contribution is -2.34. The summed E-state index contributed by atoms with van der Waals surface area (Å²) >= 11 is 0.744. The van der Waals surface area contributed by atoms with Crippen molar-refractivity contribution in [2.75, 3.05) is 26.9 Å². The van der Waals surface area contributed by atoms with E-state index in [0.29, 0.717) is 17.1 Å². The molecule has 1 aliphatic rings. The van der Waals surface area contributed by atoms with Gasteiger partial charge in [0.2, 0.25) is 0 Å². The van der Waals surface area contributed by atoms with Gasteiger partial charge in [-0.3, -0.25) is 19.3 Å². The van der Waals surface area contributed by atoms with E-state index in [4.69, 9.17) is 19.5 Å². The number of hydrogen-bond donors (Lipinski definition) is 0. The zero-order valence-corrected chi connectivity index (χ0v) is 15.0. The van der Waals surface area contributed by atoms with Gasteiger partial charge in [0.1, 0.15) is 12.6 Å². The Morgan fingerprint density at radius 2 is 2.12 bits per heavy atom. The zero-order valence-electron chi connectivity index (χ0n) is 14.2. The van der Waals surface area contributed by atoms with Gasteiger partial charge in [-0.2, -0.15) is 5.26 Å². The van der Waals surface area contributed by atoms with E-state index < -0.39 is 23.7 Å². The molecular formula is C17H16N2O6S. The number of carbonyl (C=O) groups excluding carboxylic acids is 3. The summed E-state index contributed by atoms with van der Waals surface area (Å²) in [6.07, 6.45) is 1.52. The van der Waals surface area contributed by atoms with E-state index in [1.165, 1.54) is 13.2 Å². The van der Waals surface area contributed by atoms with Crippen LogP contribution in [-0.2, 0) is 14.3 Å². The molecule has 1 aliphatic heterocycles. The van der Waals surface area contributed by atoms with Gasteiger partial charge in [-0.1, -0.05) is 6.07 Å². The fourth-order valence-corrected chi connectivity index (χ4v) is 2.96. The van der Waals surface area contributed by atoms with Gasteiger partial charge in [0, 0.05) is 0 Å². The number of benzene rings is 1. The highest BCUT2D eigenvalue weighted by Gasteiger charge is 2.36. The number of methoxy groups -OCH3 is 1. The number of ether oxygens (including phenoxy) is 3. The van der Waals surface area contributed by atoms with Crippen LogP contribution in [0.25, 0.3) is 6.08 Å². The van der Waals surface area contributed by atoms with Gasteiger partial charge in [0.25, 0.3) is 11.1 Å². The number of esters is 1. The van der Waals surface area contributed by atoms with E-state index in [1.54, 1.807) is 25.1 Å². The molecule has 9 heteroatoms. The van der Waals surface area contributed by atoms with Crippen molar-refractivity contribution in [3.63, 3.8) is 0 Å². The van der Waals surface area contributed by atoms with Crippen LogP contribution in [0.15, 0.2) is 23.1 Å². The number of carbonyl (C=O) groups is 3. The van der Waals surface area contributed by atoms with Gasteiger partial charge in [-0.05, 0) is 42.5 Å². The van der Waals surface area contributed by atoms with E-state index in [1.807, 2.05) is 6.07 Å². The van der Waals surface area contributed by atoms with E-state index in [-0.39, 0.29) is 18.1 Å². The van der Waals surface area contributed by atoms with E-state index in [9.17, 15) is 14.4 Å². The maximum atomic E-state index is 12.3. The highest BCUT2D eigenvalue weighted by atomic mass is 32.2. The Bertz CT molecular complexity index is 799. The van der Waals surface area contributed by atoms with Crippen molar-refractivity contribution < 1.29 is 28.6 Å². The van der Waals surface area contributed by atoms with Gasteiger partial charge in [0.05, 0.1) is 18.6 Å².